The Morgan fingerprint density at radius 3 is 2.14 bits per heavy atom. The quantitative estimate of drug-likeness (QED) is 0.942. The molecular weight excluding hydrogens is 287 g/mol. The van der Waals surface area contributed by atoms with Gasteiger partial charge in [0.05, 0.1) is 18.7 Å². The van der Waals surface area contributed by atoms with Crippen LogP contribution in [0.25, 0.3) is 10.9 Å². The lowest BCUT2D eigenvalue weighted by atomic mass is 10.1. The van der Waals surface area contributed by atoms with Gasteiger partial charge in [-0.15, -0.1) is 0 Å². The molecule has 0 spiro atoms. The second kappa shape index (κ2) is 5.67. The summed E-state index contributed by atoms with van der Waals surface area (Å²) in [6.07, 6.45) is -4.61. The second-order valence-corrected chi connectivity index (χ2v) is 4.26. The van der Waals surface area contributed by atoms with E-state index in [9.17, 15) is 18.0 Å². The van der Waals surface area contributed by atoms with Gasteiger partial charge in [0.15, 0.2) is 16.9 Å². The maximum Gasteiger partial charge on any atom is 0.431 e. The summed E-state index contributed by atoms with van der Waals surface area (Å²) in [7, 11) is 0. The highest BCUT2D eigenvalue weighted by Gasteiger charge is 2.32. The van der Waals surface area contributed by atoms with Crippen LogP contribution in [0.15, 0.2) is 23.0 Å². The largest absolute Gasteiger partial charge is 0.490 e. The first-order valence-electron chi connectivity index (χ1n) is 6.40. The molecule has 0 bridgehead atoms. The molecule has 7 heteroatoms. The third-order valence-electron chi connectivity index (χ3n) is 2.80. The zero-order valence-electron chi connectivity index (χ0n) is 11.5. The lowest BCUT2D eigenvalue weighted by Gasteiger charge is -2.13. The number of fused-ring (bicyclic) bond motifs is 1. The molecule has 0 amide bonds. The van der Waals surface area contributed by atoms with Crippen LogP contribution in [-0.4, -0.2) is 18.2 Å². The number of hydrogen-bond donors (Lipinski definition) is 1. The number of pyridine rings is 1. The molecule has 1 N–H and O–H groups in total. The van der Waals surface area contributed by atoms with Crippen molar-refractivity contribution in [2.24, 2.45) is 0 Å². The van der Waals surface area contributed by atoms with Gasteiger partial charge in [-0.05, 0) is 19.9 Å². The number of hydrogen-bond acceptors (Lipinski definition) is 3. The Morgan fingerprint density at radius 1 is 1.05 bits per heavy atom. The summed E-state index contributed by atoms with van der Waals surface area (Å²) in [6.45, 7) is 4.19. The molecule has 0 unspecified atom stereocenters. The average Bonchev–Trinajstić information content (AvgIpc) is 2.39. The number of rotatable bonds is 4. The maximum atomic E-state index is 12.7. The van der Waals surface area contributed by atoms with Crippen molar-refractivity contribution in [3.8, 4) is 11.5 Å². The molecule has 0 aliphatic carbocycles. The number of aromatic amines is 1. The third-order valence-corrected chi connectivity index (χ3v) is 2.80. The molecule has 0 aliphatic rings. The molecule has 1 aromatic heterocycles. The molecule has 114 valence electrons. The van der Waals surface area contributed by atoms with Crippen molar-refractivity contribution >= 4 is 10.9 Å². The van der Waals surface area contributed by atoms with E-state index in [0.717, 1.165) is 0 Å². The maximum absolute atomic E-state index is 12.7. The van der Waals surface area contributed by atoms with Gasteiger partial charge < -0.3 is 14.5 Å². The standard InChI is InChI=1S/C14H14F3NO3/c1-3-20-11-5-8-9(6-12(11)21-4-2)18-13(7-10(8)19)14(15,16)17/h5-7H,3-4H2,1-2H3,(H,18,19). The van der Waals surface area contributed by atoms with Crippen LogP contribution in [0.3, 0.4) is 0 Å². The lowest BCUT2D eigenvalue weighted by Crippen LogP contribution is -2.14. The number of ether oxygens (including phenoxy) is 2. The zero-order valence-corrected chi connectivity index (χ0v) is 11.5. The Balaban J connectivity index is 2.69. The van der Waals surface area contributed by atoms with Gasteiger partial charge in [-0.25, -0.2) is 0 Å². The van der Waals surface area contributed by atoms with Gasteiger partial charge >= 0.3 is 6.18 Å². The number of H-pyrrole nitrogens is 1. The Kier molecular flexibility index (Phi) is 4.11. The molecule has 0 fully saturated rings. The van der Waals surface area contributed by atoms with E-state index >= 15 is 0 Å². The molecule has 0 saturated heterocycles. The smallest absolute Gasteiger partial charge is 0.431 e. The topological polar surface area (TPSA) is 51.3 Å². The Hall–Kier alpha value is -2.18. The number of nitrogens with one attached hydrogen (secondary N) is 1. The molecule has 1 aromatic carbocycles. The highest BCUT2D eigenvalue weighted by atomic mass is 19.4. The van der Waals surface area contributed by atoms with Gasteiger partial charge in [0, 0.05) is 17.5 Å². The Labute approximate surface area is 118 Å². The van der Waals surface area contributed by atoms with E-state index in [-0.39, 0.29) is 10.9 Å². The van der Waals surface area contributed by atoms with Crippen molar-refractivity contribution in [1.82, 2.24) is 4.98 Å². The van der Waals surface area contributed by atoms with Crippen LogP contribution in [-0.2, 0) is 6.18 Å². The van der Waals surface area contributed by atoms with E-state index in [1.807, 2.05) is 0 Å². The fourth-order valence-electron chi connectivity index (χ4n) is 1.95. The number of halogens is 3. The van der Waals surface area contributed by atoms with Crippen LogP contribution in [0.1, 0.15) is 19.5 Å². The molecule has 0 atom stereocenters. The summed E-state index contributed by atoms with van der Waals surface area (Å²) < 4.78 is 48.8. The monoisotopic (exact) mass is 301 g/mol. The minimum Gasteiger partial charge on any atom is -0.490 e. The summed E-state index contributed by atoms with van der Waals surface area (Å²) in [5, 5.41) is 0.120. The van der Waals surface area contributed by atoms with E-state index < -0.39 is 17.3 Å². The van der Waals surface area contributed by atoms with Gasteiger partial charge in [-0.1, -0.05) is 0 Å². The van der Waals surface area contributed by atoms with Crippen LogP contribution in [0, 0.1) is 0 Å². The van der Waals surface area contributed by atoms with Gasteiger partial charge in [0.2, 0.25) is 0 Å². The van der Waals surface area contributed by atoms with Crippen molar-refractivity contribution in [3.63, 3.8) is 0 Å². The molecule has 0 aliphatic heterocycles. The molecule has 4 nitrogen and oxygen atoms in total. The third kappa shape index (κ3) is 3.12. The Bertz CT molecular complexity index is 707. The highest BCUT2D eigenvalue weighted by Crippen LogP contribution is 2.33. The van der Waals surface area contributed by atoms with E-state index in [1.54, 1.807) is 13.8 Å². The van der Waals surface area contributed by atoms with Gasteiger partial charge in [0.25, 0.3) is 0 Å². The summed E-state index contributed by atoms with van der Waals surface area (Å²) in [4.78, 5) is 14.1. The van der Waals surface area contributed by atoms with Crippen molar-refractivity contribution < 1.29 is 22.6 Å². The predicted molar refractivity (Wildman–Crippen MR) is 71.9 cm³/mol. The van der Waals surface area contributed by atoms with Crippen LogP contribution in [0.5, 0.6) is 11.5 Å². The Morgan fingerprint density at radius 2 is 1.62 bits per heavy atom. The van der Waals surface area contributed by atoms with Gasteiger partial charge in [-0.2, -0.15) is 13.2 Å². The predicted octanol–water partition coefficient (Wildman–Crippen LogP) is 3.34. The number of alkyl halides is 3. The van der Waals surface area contributed by atoms with E-state index in [0.29, 0.717) is 30.8 Å². The average molecular weight is 301 g/mol. The lowest BCUT2D eigenvalue weighted by molar-refractivity contribution is -0.141. The highest BCUT2D eigenvalue weighted by molar-refractivity contribution is 5.82. The van der Waals surface area contributed by atoms with Crippen molar-refractivity contribution in [1.29, 1.82) is 0 Å². The van der Waals surface area contributed by atoms with Crippen molar-refractivity contribution in [3.05, 3.63) is 34.1 Å². The minimum absolute atomic E-state index is 0.0572. The van der Waals surface area contributed by atoms with Crippen LogP contribution < -0.4 is 14.9 Å². The molecule has 1 heterocycles. The molecular formula is C14H14F3NO3. The molecule has 0 saturated carbocycles. The summed E-state index contributed by atoms with van der Waals surface area (Å²) >= 11 is 0. The van der Waals surface area contributed by atoms with E-state index in [2.05, 4.69) is 4.98 Å². The second-order valence-electron chi connectivity index (χ2n) is 4.26. The first kappa shape index (κ1) is 15.2. The first-order chi connectivity index (χ1) is 9.86. The molecule has 21 heavy (non-hydrogen) atoms. The van der Waals surface area contributed by atoms with Crippen LogP contribution in [0.4, 0.5) is 13.2 Å². The molecule has 2 rings (SSSR count). The number of benzene rings is 1. The van der Waals surface area contributed by atoms with Crippen molar-refractivity contribution in [2.45, 2.75) is 20.0 Å². The normalized spacial score (nSPS) is 11.7. The summed E-state index contributed by atoms with van der Waals surface area (Å²) in [5.74, 6) is 0.624. The van der Waals surface area contributed by atoms with Crippen molar-refractivity contribution in [2.75, 3.05) is 13.2 Å². The SMILES string of the molecule is CCOc1cc2[nH]c(C(F)(F)F)cc(=O)c2cc1OCC. The summed E-state index contributed by atoms with van der Waals surface area (Å²) in [6, 6.07) is 3.28. The van der Waals surface area contributed by atoms with Gasteiger partial charge in [-0.3, -0.25) is 4.79 Å². The van der Waals surface area contributed by atoms with E-state index in [1.165, 1.54) is 12.1 Å². The van der Waals surface area contributed by atoms with Crippen LogP contribution >= 0.6 is 0 Å². The fraction of sp³-hybridized carbons (Fsp3) is 0.357. The van der Waals surface area contributed by atoms with E-state index in [4.69, 9.17) is 9.47 Å². The first-order valence-corrected chi connectivity index (χ1v) is 6.40. The zero-order chi connectivity index (χ0) is 15.6. The van der Waals surface area contributed by atoms with Gasteiger partial charge in [0.1, 0.15) is 5.69 Å². The summed E-state index contributed by atoms with van der Waals surface area (Å²) in [5.41, 5.74) is -1.76. The minimum atomic E-state index is -4.61. The molecule has 2 aromatic rings. The number of aromatic nitrogens is 1. The van der Waals surface area contributed by atoms with Crippen LogP contribution in [0.2, 0.25) is 0 Å². The fourth-order valence-corrected chi connectivity index (χ4v) is 1.95. The molecule has 0 radical (unpaired) electrons.